The Labute approximate surface area is 39.4 Å². The highest BCUT2D eigenvalue weighted by Crippen LogP contribution is 2.02. The summed E-state index contributed by atoms with van der Waals surface area (Å²) in [6.07, 6.45) is 1.07. The van der Waals surface area contributed by atoms with E-state index in [1.54, 1.807) is 0 Å². The molecule has 0 aromatic carbocycles. The zero-order chi connectivity index (χ0) is 5.28. The van der Waals surface area contributed by atoms with Crippen LogP contribution in [0.15, 0.2) is 12.1 Å². The molecule has 0 spiro atoms. The molecule has 0 atom stereocenters. The molecule has 0 aliphatic carbocycles. The van der Waals surface area contributed by atoms with Gasteiger partial charge in [0.2, 0.25) is 0 Å². The Morgan fingerprint density at radius 1 is 1.86 bits per heavy atom. The van der Waals surface area contributed by atoms with Crippen molar-refractivity contribution in [2.75, 3.05) is 0 Å². The average Bonchev–Trinajstić information content (AvgIpc) is 1.87. The SMILES string of the molecule is NC1=CON(O)O1. The number of nitrogens with two attached hydrogens (primary N) is 1. The molecule has 0 radical (unpaired) electrons. The normalized spacial score (nSPS) is 20.4. The number of hydrogen-bond acceptors (Lipinski definition) is 5. The van der Waals surface area contributed by atoms with Crippen LogP contribution in [-0.2, 0) is 9.68 Å². The van der Waals surface area contributed by atoms with Gasteiger partial charge in [-0.3, -0.25) is 0 Å². The molecule has 1 aliphatic rings. The van der Waals surface area contributed by atoms with Gasteiger partial charge in [0.15, 0.2) is 11.7 Å². The molecule has 40 valence electrons. The van der Waals surface area contributed by atoms with Gasteiger partial charge in [-0.05, 0) is 0 Å². The first-order valence-electron chi connectivity index (χ1n) is 1.58. The third-order valence-corrected chi connectivity index (χ3v) is 0.443. The summed E-state index contributed by atoms with van der Waals surface area (Å²) in [4.78, 5) is 8.31. The summed E-state index contributed by atoms with van der Waals surface area (Å²) in [6, 6.07) is 0. The largest absolute Gasteiger partial charge is 0.365 e. The van der Waals surface area contributed by atoms with E-state index in [9.17, 15) is 0 Å². The van der Waals surface area contributed by atoms with Crippen molar-refractivity contribution >= 4 is 0 Å². The minimum atomic E-state index is 0.0301. The van der Waals surface area contributed by atoms with E-state index in [4.69, 9.17) is 10.9 Å². The molecule has 7 heavy (non-hydrogen) atoms. The van der Waals surface area contributed by atoms with Crippen LogP contribution in [0.1, 0.15) is 0 Å². The molecule has 0 aromatic rings. The summed E-state index contributed by atoms with van der Waals surface area (Å²) < 4.78 is 0. The second kappa shape index (κ2) is 1.28. The van der Waals surface area contributed by atoms with E-state index in [1.165, 1.54) is 0 Å². The van der Waals surface area contributed by atoms with E-state index in [-0.39, 0.29) is 11.3 Å². The van der Waals surface area contributed by atoms with Crippen molar-refractivity contribution < 1.29 is 14.9 Å². The lowest BCUT2D eigenvalue weighted by molar-refractivity contribution is -0.456. The van der Waals surface area contributed by atoms with E-state index >= 15 is 0 Å². The summed E-state index contributed by atoms with van der Waals surface area (Å²) in [6.45, 7) is 0. The third kappa shape index (κ3) is 0.729. The van der Waals surface area contributed by atoms with Gasteiger partial charge in [-0.2, -0.15) is 0 Å². The quantitative estimate of drug-likeness (QED) is 0.425. The first-order chi connectivity index (χ1) is 3.29. The van der Waals surface area contributed by atoms with Gasteiger partial charge in [0.1, 0.15) is 0 Å². The minimum Gasteiger partial charge on any atom is -0.365 e. The van der Waals surface area contributed by atoms with E-state index in [0.29, 0.717) is 0 Å². The minimum absolute atomic E-state index is 0.0301. The van der Waals surface area contributed by atoms with Gasteiger partial charge < -0.3 is 15.4 Å². The lowest BCUT2D eigenvalue weighted by atomic mass is 10.9. The van der Waals surface area contributed by atoms with Crippen LogP contribution < -0.4 is 5.73 Å². The highest BCUT2D eigenvalue weighted by molar-refractivity contribution is 4.78. The van der Waals surface area contributed by atoms with Crippen LogP contribution in [0.2, 0.25) is 0 Å². The predicted octanol–water partition coefficient (Wildman–Crippen LogP) is -0.688. The first-order valence-corrected chi connectivity index (χ1v) is 1.58. The van der Waals surface area contributed by atoms with Gasteiger partial charge in [-0.1, -0.05) is 0 Å². The summed E-state index contributed by atoms with van der Waals surface area (Å²) in [5.74, 6) is 0.0301. The number of nitrogens with zero attached hydrogens (tertiary/aromatic N) is 1. The smallest absolute Gasteiger partial charge is 0.254 e. The van der Waals surface area contributed by atoms with Crippen molar-refractivity contribution in [2.45, 2.75) is 0 Å². The van der Waals surface area contributed by atoms with Crippen molar-refractivity contribution in [3.8, 4) is 0 Å². The second-order valence-corrected chi connectivity index (χ2v) is 0.955. The van der Waals surface area contributed by atoms with E-state index in [2.05, 4.69) is 9.68 Å². The molecule has 0 bridgehead atoms. The van der Waals surface area contributed by atoms with Gasteiger partial charge >= 0.3 is 0 Å². The van der Waals surface area contributed by atoms with Gasteiger partial charge in [-0.15, -0.1) is 0 Å². The van der Waals surface area contributed by atoms with Crippen molar-refractivity contribution in [1.29, 1.82) is 0 Å². The van der Waals surface area contributed by atoms with Crippen LogP contribution in [0.4, 0.5) is 0 Å². The molecular weight excluding hydrogens is 100 g/mol. The molecule has 1 rings (SSSR count). The molecule has 1 aliphatic heterocycles. The fourth-order valence-electron chi connectivity index (χ4n) is 0.230. The zero-order valence-corrected chi connectivity index (χ0v) is 3.37. The Hall–Kier alpha value is -0.940. The molecule has 0 unspecified atom stereocenters. The Morgan fingerprint density at radius 2 is 2.57 bits per heavy atom. The van der Waals surface area contributed by atoms with Gasteiger partial charge in [0, 0.05) is 0 Å². The summed E-state index contributed by atoms with van der Waals surface area (Å²) >= 11 is 0. The van der Waals surface area contributed by atoms with Crippen molar-refractivity contribution in [2.24, 2.45) is 5.73 Å². The number of rotatable bonds is 0. The Balaban J connectivity index is 2.42. The van der Waals surface area contributed by atoms with E-state index < -0.39 is 0 Å². The monoisotopic (exact) mass is 104 g/mol. The first kappa shape index (κ1) is 4.23. The van der Waals surface area contributed by atoms with E-state index in [0.717, 1.165) is 6.26 Å². The maximum Gasteiger partial charge on any atom is 0.254 e. The molecule has 1 heterocycles. The molecular formula is C2H4N2O3. The Kier molecular flexibility index (Phi) is 0.775. The molecule has 5 nitrogen and oxygen atoms in total. The standard InChI is InChI=1S/C2H4N2O3/c3-2-1-6-4(5)7-2/h1,5H,3H2. The predicted molar refractivity (Wildman–Crippen MR) is 18.1 cm³/mol. The van der Waals surface area contributed by atoms with Crippen LogP contribution in [0, 0.1) is 0 Å². The Morgan fingerprint density at radius 3 is 2.71 bits per heavy atom. The molecule has 3 N–H and O–H groups in total. The molecule has 5 heteroatoms. The fraction of sp³-hybridized carbons (Fsp3) is 0. The van der Waals surface area contributed by atoms with Crippen LogP contribution in [0.25, 0.3) is 0 Å². The summed E-state index contributed by atoms with van der Waals surface area (Å²) in [5.41, 5.74) is 4.94. The maximum absolute atomic E-state index is 8.16. The van der Waals surface area contributed by atoms with Gasteiger partial charge in [0.25, 0.3) is 5.88 Å². The molecule has 0 fully saturated rings. The highest BCUT2D eigenvalue weighted by Gasteiger charge is 2.09. The molecule has 0 saturated heterocycles. The van der Waals surface area contributed by atoms with Crippen LogP contribution in [0.5, 0.6) is 0 Å². The van der Waals surface area contributed by atoms with Crippen LogP contribution in [-0.4, -0.2) is 10.6 Å². The van der Waals surface area contributed by atoms with Gasteiger partial charge in [-0.25, -0.2) is 5.21 Å². The third-order valence-electron chi connectivity index (χ3n) is 0.443. The second-order valence-electron chi connectivity index (χ2n) is 0.955. The maximum atomic E-state index is 8.16. The van der Waals surface area contributed by atoms with E-state index in [1.807, 2.05) is 0 Å². The highest BCUT2D eigenvalue weighted by atomic mass is 17.1. The lowest BCUT2D eigenvalue weighted by Gasteiger charge is -1.99. The molecule has 0 amide bonds. The Bertz CT molecular complexity index is 101. The fourth-order valence-corrected chi connectivity index (χ4v) is 0.230. The molecule has 0 aromatic heterocycles. The lowest BCUT2D eigenvalue weighted by Crippen LogP contribution is -2.12. The van der Waals surface area contributed by atoms with Crippen molar-refractivity contribution in [3.63, 3.8) is 0 Å². The van der Waals surface area contributed by atoms with Crippen LogP contribution >= 0.6 is 0 Å². The topological polar surface area (TPSA) is 68.0 Å². The molecule has 0 saturated carbocycles. The number of hydrogen-bond donors (Lipinski definition) is 2. The summed E-state index contributed by atoms with van der Waals surface area (Å²) in [7, 11) is 0. The van der Waals surface area contributed by atoms with Crippen molar-refractivity contribution in [1.82, 2.24) is 5.39 Å². The van der Waals surface area contributed by atoms with Gasteiger partial charge in [0.05, 0.1) is 0 Å². The zero-order valence-electron chi connectivity index (χ0n) is 3.37. The van der Waals surface area contributed by atoms with Crippen LogP contribution in [0.3, 0.4) is 0 Å². The summed E-state index contributed by atoms with van der Waals surface area (Å²) in [5, 5.41) is 8.32. The average molecular weight is 104 g/mol. The van der Waals surface area contributed by atoms with Crippen molar-refractivity contribution in [3.05, 3.63) is 12.1 Å².